The lowest BCUT2D eigenvalue weighted by molar-refractivity contribution is -0.124. The van der Waals surface area contributed by atoms with Crippen molar-refractivity contribution >= 4 is 34.2 Å². The summed E-state index contributed by atoms with van der Waals surface area (Å²) in [5.41, 5.74) is 3.32. The van der Waals surface area contributed by atoms with Gasteiger partial charge in [-0.05, 0) is 56.2 Å². The van der Waals surface area contributed by atoms with E-state index < -0.39 is 23.5 Å². The minimum Gasteiger partial charge on any atom is -0.422 e. The number of nitrogens with zero attached hydrogens (tertiary/aromatic N) is 2. The molecule has 1 aliphatic rings. The van der Waals surface area contributed by atoms with E-state index in [1.54, 1.807) is 24.3 Å². The van der Waals surface area contributed by atoms with E-state index in [1.807, 2.05) is 25.1 Å². The zero-order chi connectivity index (χ0) is 22.3. The highest BCUT2D eigenvalue weighted by Gasteiger charge is 2.38. The van der Waals surface area contributed by atoms with Gasteiger partial charge >= 0.3 is 5.63 Å². The zero-order valence-electron chi connectivity index (χ0n) is 17.7. The molecule has 0 aliphatic carbocycles. The van der Waals surface area contributed by atoms with Crippen LogP contribution in [0.5, 0.6) is 0 Å². The molecular weight excluding hydrogens is 396 g/mol. The lowest BCUT2D eigenvalue weighted by Crippen LogP contribution is -2.31. The fraction of sp³-hybridized carbons (Fsp3) is 0.292. The Labute approximate surface area is 179 Å². The van der Waals surface area contributed by atoms with Gasteiger partial charge in [0, 0.05) is 30.2 Å². The number of hydrogen-bond acceptors (Lipinski definition) is 6. The molecule has 2 heterocycles. The smallest absolute Gasteiger partial charge is 0.344 e. The Morgan fingerprint density at radius 2 is 1.74 bits per heavy atom. The maximum absolute atomic E-state index is 12.8. The fourth-order valence-corrected chi connectivity index (χ4v) is 4.13. The van der Waals surface area contributed by atoms with Crippen molar-refractivity contribution in [2.24, 2.45) is 0 Å². The summed E-state index contributed by atoms with van der Waals surface area (Å²) in [5.74, 6) is -1.08. The van der Waals surface area contributed by atoms with Crippen molar-refractivity contribution in [2.45, 2.75) is 33.3 Å². The largest absolute Gasteiger partial charge is 0.422 e. The first-order chi connectivity index (χ1) is 14.8. The molecule has 1 atom stereocenters. The molecule has 2 amide bonds. The van der Waals surface area contributed by atoms with Crippen molar-refractivity contribution in [3.63, 3.8) is 0 Å². The predicted molar refractivity (Wildman–Crippen MR) is 119 cm³/mol. The van der Waals surface area contributed by atoms with Crippen molar-refractivity contribution in [3.8, 4) is 11.1 Å². The zero-order valence-corrected chi connectivity index (χ0v) is 17.7. The number of aliphatic hydroxyl groups is 1. The summed E-state index contributed by atoms with van der Waals surface area (Å²) in [5, 5.41) is 10.5. The Hall–Kier alpha value is -3.45. The Balaban J connectivity index is 1.74. The van der Waals surface area contributed by atoms with E-state index in [0.29, 0.717) is 22.4 Å². The first-order valence-electron chi connectivity index (χ1n) is 10.3. The Morgan fingerprint density at radius 3 is 2.32 bits per heavy atom. The molecule has 1 N–H and O–H groups in total. The summed E-state index contributed by atoms with van der Waals surface area (Å²) >= 11 is 0. The third-order valence-corrected chi connectivity index (χ3v) is 5.82. The van der Waals surface area contributed by atoms with Crippen LogP contribution in [0, 0.1) is 6.92 Å². The van der Waals surface area contributed by atoms with Crippen LogP contribution < -0.4 is 15.4 Å². The van der Waals surface area contributed by atoms with Crippen LogP contribution in [-0.4, -0.2) is 36.1 Å². The van der Waals surface area contributed by atoms with Crippen LogP contribution in [0.4, 0.5) is 11.4 Å². The first-order valence-corrected chi connectivity index (χ1v) is 10.3. The summed E-state index contributed by atoms with van der Waals surface area (Å²) in [7, 11) is 0. The second kappa shape index (κ2) is 8.00. The van der Waals surface area contributed by atoms with Crippen molar-refractivity contribution in [3.05, 3.63) is 58.4 Å². The molecule has 0 bridgehead atoms. The summed E-state index contributed by atoms with van der Waals surface area (Å²) in [6.07, 6.45) is -1.52. The van der Waals surface area contributed by atoms with Gasteiger partial charge in [-0.3, -0.25) is 9.59 Å². The van der Waals surface area contributed by atoms with Crippen LogP contribution in [0.1, 0.15) is 25.8 Å². The normalized spacial score (nSPS) is 16.4. The molecule has 0 saturated carbocycles. The quantitative estimate of drug-likeness (QED) is 0.503. The number of rotatable bonds is 5. The van der Waals surface area contributed by atoms with Gasteiger partial charge in [-0.1, -0.05) is 12.1 Å². The fourth-order valence-electron chi connectivity index (χ4n) is 4.13. The van der Waals surface area contributed by atoms with E-state index in [4.69, 9.17) is 4.42 Å². The number of amides is 2. The van der Waals surface area contributed by atoms with Gasteiger partial charge in [-0.2, -0.15) is 0 Å². The molecule has 2 aromatic carbocycles. The topological polar surface area (TPSA) is 91.1 Å². The molecule has 7 nitrogen and oxygen atoms in total. The van der Waals surface area contributed by atoms with Gasteiger partial charge in [-0.15, -0.1) is 0 Å². The van der Waals surface area contributed by atoms with Crippen LogP contribution in [0.15, 0.2) is 51.7 Å². The van der Waals surface area contributed by atoms with Crippen LogP contribution in [-0.2, 0) is 9.59 Å². The van der Waals surface area contributed by atoms with Crippen LogP contribution in [0.2, 0.25) is 0 Å². The molecule has 31 heavy (non-hydrogen) atoms. The van der Waals surface area contributed by atoms with E-state index in [0.717, 1.165) is 34.6 Å². The Bertz CT molecular complexity index is 1230. The number of carbonyl (C=O) groups is 2. The van der Waals surface area contributed by atoms with Crippen LogP contribution in [0.3, 0.4) is 0 Å². The van der Waals surface area contributed by atoms with Crippen molar-refractivity contribution < 1.29 is 19.1 Å². The van der Waals surface area contributed by atoms with Gasteiger partial charge in [0.2, 0.25) is 5.91 Å². The van der Waals surface area contributed by atoms with E-state index in [1.165, 1.54) is 0 Å². The Kier molecular flexibility index (Phi) is 5.37. The van der Waals surface area contributed by atoms with Crippen LogP contribution in [0.25, 0.3) is 22.1 Å². The van der Waals surface area contributed by atoms with Crippen molar-refractivity contribution in [1.82, 2.24) is 0 Å². The number of carbonyl (C=O) groups excluding carboxylic acids is 2. The maximum atomic E-state index is 12.8. The minimum atomic E-state index is -1.30. The van der Waals surface area contributed by atoms with Gasteiger partial charge in [0.15, 0.2) is 0 Å². The monoisotopic (exact) mass is 420 g/mol. The van der Waals surface area contributed by atoms with Gasteiger partial charge < -0.3 is 14.4 Å². The molecule has 1 saturated heterocycles. The predicted octanol–water partition coefficient (Wildman–Crippen LogP) is 3.24. The molecule has 0 radical (unpaired) electrons. The summed E-state index contributed by atoms with van der Waals surface area (Å²) in [6, 6.07) is 12.4. The van der Waals surface area contributed by atoms with E-state index in [2.05, 4.69) is 18.7 Å². The third-order valence-electron chi connectivity index (χ3n) is 5.82. The number of aryl methyl sites for hydroxylation is 1. The Morgan fingerprint density at radius 1 is 1.06 bits per heavy atom. The van der Waals surface area contributed by atoms with Crippen LogP contribution >= 0.6 is 0 Å². The lowest BCUT2D eigenvalue weighted by atomic mass is 9.99. The number of aliphatic hydroxyl groups excluding tert-OH is 1. The molecule has 1 aliphatic heterocycles. The van der Waals surface area contributed by atoms with E-state index in [9.17, 15) is 19.5 Å². The number of benzene rings is 2. The molecule has 4 rings (SSSR count). The minimum absolute atomic E-state index is 0.219. The third kappa shape index (κ3) is 3.51. The molecule has 1 unspecified atom stereocenters. The lowest BCUT2D eigenvalue weighted by Gasteiger charge is -2.21. The summed E-state index contributed by atoms with van der Waals surface area (Å²) in [6.45, 7) is 7.74. The number of anilines is 2. The second-order valence-corrected chi connectivity index (χ2v) is 7.58. The highest BCUT2D eigenvalue weighted by molar-refractivity contribution is 6.22. The van der Waals surface area contributed by atoms with Gasteiger partial charge in [0.1, 0.15) is 11.7 Å². The molecule has 0 spiro atoms. The second-order valence-electron chi connectivity index (χ2n) is 7.58. The standard InChI is InChI=1S/C24H24N2O5/c1-4-25(5-2)17-10-11-18-14(3)22(24(30)31-20(18)12-17)15-6-8-16(9-7-15)26-21(28)13-19(27)23(26)29/h6-12,19,27H,4-5,13H2,1-3H3. The molecular formula is C24H24N2O5. The van der Waals surface area contributed by atoms with Crippen molar-refractivity contribution in [2.75, 3.05) is 22.9 Å². The molecule has 1 aromatic heterocycles. The highest BCUT2D eigenvalue weighted by atomic mass is 16.4. The van der Waals surface area contributed by atoms with Crippen molar-refractivity contribution in [1.29, 1.82) is 0 Å². The van der Waals surface area contributed by atoms with Gasteiger partial charge in [-0.25, -0.2) is 9.69 Å². The summed E-state index contributed by atoms with van der Waals surface area (Å²) in [4.78, 5) is 40.0. The number of hydrogen-bond donors (Lipinski definition) is 1. The average molecular weight is 420 g/mol. The van der Waals surface area contributed by atoms with E-state index in [-0.39, 0.29) is 6.42 Å². The van der Waals surface area contributed by atoms with Gasteiger partial charge in [0.05, 0.1) is 17.7 Å². The highest BCUT2D eigenvalue weighted by Crippen LogP contribution is 2.31. The average Bonchev–Trinajstić information content (AvgIpc) is 3.01. The number of fused-ring (bicyclic) bond motifs is 1. The molecule has 160 valence electrons. The number of imide groups is 1. The first kappa shape index (κ1) is 20.8. The molecule has 3 aromatic rings. The molecule has 7 heteroatoms. The maximum Gasteiger partial charge on any atom is 0.344 e. The SMILES string of the molecule is CCN(CC)c1ccc2c(C)c(-c3ccc(N4C(=O)CC(O)C4=O)cc3)c(=O)oc2c1. The summed E-state index contributed by atoms with van der Waals surface area (Å²) < 4.78 is 5.65. The van der Waals surface area contributed by atoms with Gasteiger partial charge in [0.25, 0.3) is 5.91 Å². The molecule has 1 fully saturated rings. The van der Waals surface area contributed by atoms with E-state index >= 15 is 0 Å².